The van der Waals surface area contributed by atoms with Crippen LogP contribution in [-0.4, -0.2) is 11.0 Å². The highest BCUT2D eigenvalue weighted by atomic mass is 79.9. The van der Waals surface area contributed by atoms with Crippen LogP contribution in [0.4, 0.5) is 10.5 Å². The Kier molecular flexibility index (Phi) is 5.14. The monoisotopic (exact) mass is 397 g/mol. The Morgan fingerprint density at radius 1 is 1.25 bits per heavy atom. The molecular weight excluding hydrogens is 386 g/mol. The van der Waals surface area contributed by atoms with E-state index in [0.29, 0.717) is 5.69 Å². The summed E-state index contributed by atoms with van der Waals surface area (Å²) in [6, 6.07) is 10.8. The molecule has 0 unspecified atom stereocenters. The Balaban J connectivity index is 2.01. The maximum absolute atomic E-state index is 12.0. The number of carbonyl (C=O) groups excluding carboxylic acids is 1. The van der Waals surface area contributed by atoms with E-state index in [-0.39, 0.29) is 12.1 Å². The first kappa shape index (κ1) is 15.0. The van der Waals surface area contributed by atoms with Crippen molar-refractivity contribution in [2.24, 2.45) is 0 Å². The number of hydrogen-bond acceptors (Lipinski definition) is 2. The van der Waals surface area contributed by atoms with Crippen LogP contribution in [0.1, 0.15) is 18.7 Å². The van der Waals surface area contributed by atoms with Crippen LogP contribution in [0.15, 0.2) is 51.5 Å². The zero-order valence-electron chi connectivity index (χ0n) is 10.7. The first-order chi connectivity index (χ1) is 9.56. The summed E-state index contributed by atoms with van der Waals surface area (Å²) in [4.78, 5) is 16.2. The molecule has 0 aliphatic heterocycles. The number of urea groups is 1. The lowest BCUT2D eigenvalue weighted by atomic mass is 10.2. The first-order valence-corrected chi connectivity index (χ1v) is 7.58. The highest BCUT2D eigenvalue weighted by molar-refractivity contribution is 9.11. The standard InChI is InChI=1S/C14H13Br2N3O/c1-9(12-4-2-3-7-17-12)18-14(20)19-13-8-10(15)5-6-11(13)16/h2-9H,1H3,(H2,18,19,20)/t9-/m1/s1. The van der Waals surface area contributed by atoms with Gasteiger partial charge >= 0.3 is 6.03 Å². The predicted molar refractivity (Wildman–Crippen MR) is 86.6 cm³/mol. The fourth-order valence-corrected chi connectivity index (χ4v) is 2.36. The highest BCUT2D eigenvalue weighted by Gasteiger charge is 2.11. The number of anilines is 1. The summed E-state index contributed by atoms with van der Waals surface area (Å²) in [6.07, 6.45) is 1.70. The number of benzene rings is 1. The second kappa shape index (κ2) is 6.85. The molecule has 0 aliphatic carbocycles. The van der Waals surface area contributed by atoms with Gasteiger partial charge in [-0.05, 0) is 53.2 Å². The van der Waals surface area contributed by atoms with Crippen molar-refractivity contribution in [3.63, 3.8) is 0 Å². The van der Waals surface area contributed by atoms with E-state index in [9.17, 15) is 4.79 Å². The number of nitrogens with zero attached hydrogens (tertiary/aromatic N) is 1. The van der Waals surface area contributed by atoms with Gasteiger partial charge in [-0.15, -0.1) is 0 Å². The van der Waals surface area contributed by atoms with Crippen LogP contribution >= 0.6 is 31.9 Å². The molecule has 0 bridgehead atoms. The van der Waals surface area contributed by atoms with Crippen LogP contribution in [0.2, 0.25) is 0 Å². The van der Waals surface area contributed by atoms with Crippen LogP contribution in [-0.2, 0) is 0 Å². The summed E-state index contributed by atoms with van der Waals surface area (Å²) in [5.41, 5.74) is 1.51. The van der Waals surface area contributed by atoms with Gasteiger partial charge in [-0.2, -0.15) is 0 Å². The topological polar surface area (TPSA) is 54.0 Å². The Labute approximate surface area is 134 Å². The minimum atomic E-state index is -0.276. The van der Waals surface area contributed by atoms with Crippen molar-refractivity contribution in [2.45, 2.75) is 13.0 Å². The Hall–Kier alpha value is -1.40. The molecule has 0 fully saturated rings. The van der Waals surface area contributed by atoms with Crippen LogP contribution in [0.5, 0.6) is 0 Å². The number of pyridine rings is 1. The lowest BCUT2D eigenvalue weighted by molar-refractivity contribution is 0.249. The number of halogens is 2. The molecule has 2 aromatic rings. The van der Waals surface area contributed by atoms with Crippen LogP contribution in [0.3, 0.4) is 0 Å². The van der Waals surface area contributed by atoms with Crippen LogP contribution in [0.25, 0.3) is 0 Å². The van der Waals surface area contributed by atoms with Gasteiger partial charge in [0.2, 0.25) is 0 Å². The molecule has 1 aromatic carbocycles. The molecule has 0 radical (unpaired) electrons. The molecule has 1 heterocycles. The number of nitrogens with one attached hydrogen (secondary N) is 2. The van der Waals surface area contributed by atoms with Gasteiger partial charge in [0, 0.05) is 15.1 Å². The van der Waals surface area contributed by atoms with Crippen molar-refractivity contribution in [3.05, 3.63) is 57.2 Å². The van der Waals surface area contributed by atoms with Crippen molar-refractivity contribution in [3.8, 4) is 0 Å². The maximum atomic E-state index is 12.0. The van der Waals surface area contributed by atoms with E-state index in [4.69, 9.17) is 0 Å². The quantitative estimate of drug-likeness (QED) is 0.800. The van der Waals surface area contributed by atoms with E-state index >= 15 is 0 Å². The zero-order valence-corrected chi connectivity index (χ0v) is 13.9. The van der Waals surface area contributed by atoms with Gasteiger partial charge in [0.15, 0.2) is 0 Å². The van der Waals surface area contributed by atoms with E-state index in [0.717, 1.165) is 14.6 Å². The van der Waals surface area contributed by atoms with Crippen LogP contribution < -0.4 is 10.6 Å². The average Bonchev–Trinajstić information content (AvgIpc) is 2.43. The fraction of sp³-hybridized carbons (Fsp3) is 0.143. The molecule has 2 amide bonds. The molecule has 4 nitrogen and oxygen atoms in total. The maximum Gasteiger partial charge on any atom is 0.319 e. The van der Waals surface area contributed by atoms with Gasteiger partial charge in [0.05, 0.1) is 17.4 Å². The first-order valence-electron chi connectivity index (χ1n) is 6.00. The molecule has 20 heavy (non-hydrogen) atoms. The molecule has 2 N–H and O–H groups in total. The lowest BCUT2D eigenvalue weighted by Crippen LogP contribution is -2.31. The molecule has 2 rings (SSSR count). The van der Waals surface area contributed by atoms with Crippen molar-refractivity contribution < 1.29 is 4.79 Å². The third-order valence-corrected chi connectivity index (χ3v) is 3.84. The number of aromatic nitrogens is 1. The molecule has 0 saturated heterocycles. The summed E-state index contributed by atoms with van der Waals surface area (Å²) in [7, 11) is 0. The van der Waals surface area contributed by atoms with E-state index in [2.05, 4.69) is 47.5 Å². The van der Waals surface area contributed by atoms with Crippen LogP contribution in [0, 0.1) is 0 Å². The number of amides is 2. The normalized spacial score (nSPS) is 11.8. The van der Waals surface area contributed by atoms with Gasteiger partial charge in [-0.25, -0.2) is 4.79 Å². The van der Waals surface area contributed by atoms with Gasteiger partial charge in [-0.3, -0.25) is 4.98 Å². The van der Waals surface area contributed by atoms with Gasteiger partial charge in [-0.1, -0.05) is 22.0 Å². The minimum Gasteiger partial charge on any atom is -0.330 e. The lowest BCUT2D eigenvalue weighted by Gasteiger charge is -2.15. The van der Waals surface area contributed by atoms with Crippen molar-refractivity contribution in [2.75, 3.05) is 5.32 Å². The predicted octanol–water partition coefficient (Wildman–Crippen LogP) is 4.49. The number of rotatable bonds is 3. The molecular formula is C14H13Br2N3O. The third-order valence-electron chi connectivity index (χ3n) is 2.66. The summed E-state index contributed by atoms with van der Waals surface area (Å²) in [5.74, 6) is 0. The molecule has 1 aromatic heterocycles. The molecule has 6 heteroatoms. The molecule has 1 atom stereocenters. The highest BCUT2D eigenvalue weighted by Crippen LogP contribution is 2.26. The molecule has 0 spiro atoms. The summed E-state index contributed by atoms with van der Waals surface area (Å²) in [6.45, 7) is 1.89. The smallest absolute Gasteiger partial charge is 0.319 e. The van der Waals surface area contributed by atoms with Crippen molar-refractivity contribution in [1.29, 1.82) is 0 Å². The van der Waals surface area contributed by atoms with Crippen molar-refractivity contribution in [1.82, 2.24) is 10.3 Å². The molecule has 0 saturated carbocycles. The largest absolute Gasteiger partial charge is 0.330 e. The Bertz CT molecular complexity index is 605. The minimum absolute atomic E-state index is 0.165. The fourth-order valence-electron chi connectivity index (χ4n) is 1.65. The molecule has 104 valence electrons. The second-order valence-electron chi connectivity index (χ2n) is 4.20. The van der Waals surface area contributed by atoms with E-state index in [1.807, 2.05) is 43.3 Å². The summed E-state index contributed by atoms with van der Waals surface area (Å²) < 4.78 is 1.72. The summed E-state index contributed by atoms with van der Waals surface area (Å²) >= 11 is 6.77. The Morgan fingerprint density at radius 3 is 2.75 bits per heavy atom. The third kappa shape index (κ3) is 4.05. The van der Waals surface area contributed by atoms with E-state index in [1.165, 1.54) is 0 Å². The van der Waals surface area contributed by atoms with Gasteiger partial charge in [0.1, 0.15) is 0 Å². The van der Waals surface area contributed by atoms with E-state index in [1.54, 1.807) is 6.20 Å². The Morgan fingerprint density at radius 2 is 2.05 bits per heavy atom. The number of hydrogen-bond donors (Lipinski definition) is 2. The van der Waals surface area contributed by atoms with Gasteiger partial charge in [0.25, 0.3) is 0 Å². The molecule has 0 aliphatic rings. The SMILES string of the molecule is C[C@@H](NC(=O)Nc1cc(Br)ccc1Br)c1ccccn1. The average molecular weight is 399 g/mol. The van der Waals surface area contributed by atoms with E-state index < -0.39 is 0 Å². The number of carbonyl (C=O) groups is 1. The second-order valence-corrected chi connectivity index (χ2v) is 5.97. The van der Waals surface area contributed by atoms with Crippen molar-refractivity contribution >= 4 is 43.6 Å². The van der Waals surface area contributed by atoms with Gasteiger partial charge < -0.3 is 10.6 Å². The zero-order chi connectivity index (χ0) is 14.5. The summed E-state index contributed by atoms with van der Waals surface area (Å²) in [5, 5.41) is 5.64.